The van der Waals surface area contributed by atoms with Crippen LogP contribution in [-0.4, -0.2) is 47.7 Å². The Labute approximate surface area is 187 Å². The van der Waals surface area contributed by atoms with Crippen LogP contribution in [0.15, 0.2) is 36.4 Å². The molecule has 7 nitrogen and oxygen atoms in total. The fourth-order valence-electron chi connectivity index (χ4n) is 3.96. The van der Waals surface area contributed by atoms with Gasteiger partial charge in [-0.25, -0.2) is 4.98 Å². The highest BCUT2D eigenvalue weighted by molar-refractivity contribution is 6.31. The third-order valence-corrected chi connectivity index (χ3v) is 5.78. The number of nitrogens with zero attached hydrogens (tertiary/aromatic N) is 3. The van der Waals surface area contributed by atoms with Gasteiger partial charge >= 0.3 is 0 Å². The van der Waals surface area contributed by atoms with E-state index in [1.807, 2.05) is 25.1 Å². The lowest BCUT2D eigenvalue weighted by molar-refractivity contribution is 0.210. The highest BCUT2D eigenvalue weighted by Gasteiger charge is 2.21. The van der Waals surface area contributed by atoms with Crippen molar-refractivity contribution in [3.8, 4) is 11.5 Å². The Morgan fingerprint density at radius 2 is 1.94 bits per heavy atom. The standard InChI is InChI=1S/C23H28ClN5O2/c1-3-31-21-12-15(4-7-20(21)30-2)14-29-10-8-17(9-11-29)26-23-27-19-13-16(24)5-6-18(19)22(25)28-23/h4-7,12-13,17H,3,8-11,14H2,1-2H3,(H3,25,26,27,28). The van der Waals surface area contributed by atoms with E-state index >= 15 is 0 Å². The van der Waals surface area contributed by atoms with Crippen LogP contribution in [0.5, 0.6) is 11.5 Å². The van der Waals surface area contributed by atoms with Crippen molar-refractivity contribution in [2.45, 2.75) is 32.4 Å². The molecule has 31 heavy (non-hydrogen) atoms. The number of ether oxygens (including phenoxy) is 2. The van der Waals surface area contributed by atoms with Gasteiger partial charge in [-0.15, -0.1) is 0 Å². The lowest BCUT2D eigenvalue weighted by atomic mass is 10.0. The minimum atomic E-state index is 0.308. The summed E-state index contributed by atoms with van der Waals surface area (Å²) in [7, 11) is 1.66. The van der Waals surface area contributed by atoms with E-state index in [-0.39, 0.29) is 0 Å². The maximum Gasteiger partial charge on any atom is 0.225 e. The lowest BCUT2D eigenvalue weighted by Gasteiger charge is -2.32. The largest absolute Gasteiger partial charge is 0.493 e. The minimum Gasteiger partial charge on any atom is -0.493 e. The third kappa shape index (κ3) is 5.11. The molecule has 0 amide bonds. The van der Waals surface area contributed by atoms with Crippen LogP contribution in [0.3, 0.4) is 0 Å². The van der Waals surface area contributed by atoms with Gasteiger partial charge in [-0.05, 0) is 55.7 Å². The molecule has 0 atom stereocenters. The van der Waals surface area contributed by atoms with Gasteiger partial charge in [0, 0.05) is 36.1 Å². The van der Waals surface area contributed by atoms with Crippen LogP contribution in [-0.2, 0) is 6.54 Å². The lowest BCUT2D eigenvalue weighted by Crippen LogP contribution is -2.39. The summed E-state index contributed by atoms with van der Waals surface area (Å²) in [5.41, 5.74) is 8.09. The Balaban J connectivity index is 1.36. The molecule has 1 aliphatic heterocycles. The van der Waals surface area contributed by atoms with E-state index in [1.165, 1.54) is 5.56 Å². The summed E-state index contributed by atoms with van der Waals surface area (Å²) in [5.74, 6) is 2.59. The molecule has 1 aromatic heterocycles. The monoisotopic (exact) mass is 441 g/mol. The highest BCUT2D eigenvalue weighted by Crippen LogP contribution is 2.29. The molecule has 0 aliphatic carbocycles. The molecular weight excluding hydrogens is 414 g/mol. The number of nitrogens with two attached hydrogens (primary N) is 1. The molecule has 0 bridgehead atoms. The number of aromatic nitrogens is 2. The summed E-state index contributed by atoms with van der Waals surface area (Å²) in [4.78, 5) is 11.5. The summed E-state index contributed by atoms with van der Waals surface area (Å²) in [5, 5.41) is 4.90. The first kappa shape index (κ1) is 21.5. The molecule has 1 fully saturated rings. The van der Waals surface area contributed by atoms with E-state index in [4.69, 9.17) is 26.8 Å². The molecule has 1 aliphatic rings. The van der Waals surface area contributed by atoms with Gasteiger partial charge in [-0.2, -0.15) is 4.98 Å². The fraction of sp³-hybridized carbons (Fsp3) is 0.391. The number of rotatable bonds is 7. The van der Waals surface area contributed by atoms with Gasteiger partial charge in [0.1, 0.15) is 5.82 Å². The molecule has 8 heteroatoms. The maximum absolute atomic E-state index is 6.11. The van der Waals surface area contributed by atoms with Crippen molar-refractivity contribution in [1.29, 1.82) is 0 Å². The molecule has 1 saturated heterocycles. The fourth-order valence-corrected chi connectivity index (χ4v) is 4.12. The number of likely N-dealkylation sites (tertiary alicyclic amines) is 1. The Hall–Kier alpha value is -2.77. The van der Waals surface area contributed by atoms with Gasteiger partial charge in [0.15, 0.2) is 11.5 Å². The zero-order chi connectivity index (χ0) is 21.8. The number of fused-ring (bicyclic) bond motifs is 1. The van der Waals surface area contributed by atoms with Crippen LogP contribution >= 0.6 is 11.6 Å². The summed E-state index contributed by atoms with van der Waals surface area (Å²) in [6, 6.07) is 11.9. The summed E-state index contributed by atoms with van der Waals surface area (Å²) < 4.78 is 11.1. The molecule has 2 aromatic carbocycles. The number of anilines is 2. The van der Waals surface area contributed by atoms with Crippen LogP contribution < -0.4 is 20.5 Å². The predicted octanol–water partition coefficient (Wildman–Crippen LogP) is 4.35. The van der Waals surface area contributed by atoms with Crippen molar-refractivity contribution in [3.05, 3.63) is 47.0 Å². The van der Waals surface area contributed by atoms with Crippen molar-refractivity contribution in [2.24, 2.45) is 0 Å². The zero-order valence-corrected chi connectivity index (χ0v) is 18.7. The number of benzene rings is 2. The normalized spacial score (nSPS) is 15.2. The molecule has 0 unspecified atom stereocenters. The predicted molar refractivity (Wildman–Crippen MR) is 125 cm³/mol. The number of halogens is 1. The van der Waals surface area contributed by atoms with E-state index < -0.39 is 0 Å². The second-order valence-electron chi connectivity index (χ2n) is 7.71. The number of methoxy groups -OCH3 is 1. The number of hydrogen-bond donors (Lipinski definition) is 2. The first-order valence-electron chi connectivity index (χ1n) is 10.6. The van der Waals surface area contributed by atoms with Crippen LogP contribution in [0.2, 0.25) is 5.02 Å². The van der Waals surface area contributed by atoms with Crippen molar-refractivity contribution in [1.82, 2.24) is 14.9 Å². The smallest absolute Gasteiger partial charge is 0.225 e. The molecule has 2 heterocycles. The van der Waals surface area contributed by atoms with E-state index in [9.17, 15) is 0 Å². The van der Waals surface area contributed by atoms with Crippen molar-refractivity contribution < 1.29 is 9.47 Å². The first-order chi connectivity index (χ1) is 15.1. The highest BCUT2D eigenvalue weighted by atomic mass is 35.5. The van der Waals surface area contributed by atoms with Gasteiger partial charge in [-0.1, -0.05) is 17.7 Å². The number of piperidine rings is 1. The maximum atomic E-state index is 6.11. The second-order valence-corrected chi connectivity index (χ2v) is 8.14. The van der Waals surface area contributed by atoms with Crippen molar-refractivity contribution >= 4 is 34.3 Å². The average molecular weight is 442 g/mol. The first-order valence-corrected chi connectivity index (χ1v) is 10.9. The Morgan fingerprint density at radius 3 is 2.68 bits per heavy atom. The molecule has 4 rings (SSSR count). The van der Waals surface area contributed by atoms with Crippen LogP contribution in [0.1, 0.15) is 25.3 Å². The summed E-state index contributed by atoms with van der Waals surface area (Å²) in [6.45, 7) is 5.45. The van der Waals surface area contributed by atoms with Crippen LogP contribution in [0, 0.1) is 0 Å². The van der Waals surface area contributed by atoms with Gasteiger partial charge < -0.3 is 20.5 Å². The number of hydrogen-bond acceptors (Lipinski definition) is 7. The zero-order valence-electron chi connectivity index (χ0n) is 17.9. The quantitative estimate of drug-likeness (QED) is 0.563. The number of nitrogen functional groups attached to an aromatic ring is 1. The Morgan fingerprint density at radius 1 is 1.13 bits per heavy atom. The van der Waals surface area contributed by atoms with Gasteiger partial charge in [-0.3, -0.25) is 4.90 Å². The number of nitrogens with one attached hydrogen (secondary N) is 1. The molecule has 0 radical (unpaired) electrons. The van der Waals surface area contributed by atoms with Gasteiger partial charge in [0.2, 0.25) is 5.95 Å². The molecule has 0 saturated carbocycles. The van der Waals surface area contributed by atoms with E-state index in [0.717, 1.165) is 54.9 Å². The van der Waals surface area contributed by atoms with Gasteiger partial charge in [0.25, 0.3) is 0 Å². The van der Waals surface area contributed by atoms with E-state index in [0.29, 0.717) is 29.4 Å². The summed E-state index contributed by atoms with van der Waals surface area (Å²) in [6.07, 6.45) is 2.01. The van der Waals surface area contributed by atoms with E-state index in [2.05, 4.69) is 32.3 Å². The Kier molecular flexibility index (Phi) is 6.63. The molecular formula is C23H28ClN5O2. The molecule has 0 spiro atoms. The van der Waals surface area contributed by atoms with Gasteiger partial charge in [0.05, 0.1) is 19.2 Å². The Bertz CT molecular complexity index is 1050. The third-order valence-electron chi connectivity index (χ3n) is 5.54. The average Bonchev–Trinajstić information content (AvgIpc) is 2.75. The van der Waals surface area contributed by atoms with Crippen LogP contribution in [0.4, 0.5) is 11.8 Å². The minimum absolute atomic E-state index is 0.308. The molecule has 3 aromatic rings. The SMILES string of the molecule is CCOc1cc(CN2CCC(Nc3nc(N)c4ccc(Cl)cc4n3)CC2)ccc1OC. The van der Waals surface area contributed by atoms with E-state index in [1.54, 1.807) is 13.2 Å². The summed E-state index contributed by atoms with van der Waals surface area (Å²) >= 11 is 6.10. The van der Waals surface area contributed by atoms with Crippen molar-refractivity contribution in [2.75, 3.05) is 37.9 Å². The molecule has 164 valence electrons. The molecule has 3 N–H and O–H groups in total. The topological polar surface area (TPSA) is 85.5 Å². The van der Waals surface area contributed by atoms with Crippen molar-refractivity contribution in [3.63, 3.8) is 0 Å². The van der Waals surface area contributed by atoms with Crippen LogP contribution in [0.25, 0.3) is 10.9 Å². The second kappa shape index (κ2) is 9.58.